The predicted molar refractivity (Wildman–Crippen MR) is 67.7 cm³/mol. The van der Waals surface area contributed by atoms with Gasteiger partial charge in [0, 0.05) is 18.5 Å². The van der Waals surface area contributed by atoms with Crippen molar-refractivity contribution in [2.75, 3.05) is 0 Å². The van der Waals surface area contributed by atoms with Crippen molar-refractivity contribution in [2.24, 2.45) is 0 Å². The molecule has 0 atom stereocenters. The minimum absolute atomic E-state index is 0.0379. The van der Waals surface area contributed by atoms with Crippen LogP contribution in [-0.2, 0) is 0 Å². The summed E-state index contributed by atoms with van der Waals surface area (Å²) in [7, 11) is 0. The van der Waals surface area contributed by atoms with Crippen molar-refractivity contribution in [3.63, 3.8) is 0 Å². The maximum absolute atomic E-state index is 12.2. The Bertz CT molecular complexity index is 603. The molecule has 1 aromatic heterocycles. The Morgan fingerprint density at radius 1 is 1.15 bits per heavy atom. The molecule has 1 heterocycles. The van der Waals surface area contributed by atoms with Crippen LogP contribution in [0, 0.1) is 6.92 Å². The van der Waals surface area contributed by atoms with Crippen LogP contribution in [0.1, 0.15) is 5.56 Å². The fourth-order valence-corrected chi connectivity index (χ4v) is 1.62. The van der Waals surface area contributed by atoms with Crippen LogP contribution in [0.25, 0.3) is 0 Å². The van der Waals surface area contributed by atoms with Gasteiger partial charge in [0.15, 0.2) is 0 Å². The summed E-state index contributed by atoms with van der Waals surface area (Å²) in [5, 5.41) is 0. The lowest BCUT2D eigenvalue weighted by Crippen LogP contribution is -2.17. The normalized spacial score (nSPS) is 11.2. The number of nitrogens with zero attached hydrogens (tertiary/aromatic N) is 2. The minimum Gasteiger partial charge on any atom is -0.424 e. The van der Waals surface area contributed by atoms with Crippen molar-refractivity contribution in [3.8, 4) is 17.5 Å². The van der Waals surface area contributed by atoms with Gasteiger partial charge in [-0.05, 0) is 40.5 Å². The highest BCUT2D eigenvalue weighted by Crippen LogP contribution is 2.34. The molecule has 0 aliphatic rings. The van der Waals surface area contributed by atoms with Crippen LogP contribution < -0.4 is 9.47 Å². The first kappa shape index (κ1) is 14.6. The second-order valence-corrected chi connectivity index (χ2v) is 4.64. The number of aromatic nitrogens is 2. The van der Waals surface area contributed by atoms with E-state index in [1.165, 1.54) is 24.5 Å². The van der Waals surface area contributed by atoms with Crippen molar-refractivity contribution < 1.29 is 22.6 Å². The van der Waals surface area contributed by atoms with Gasteiger partial charge >= 0.3 is 12.4 Å². The SMILES string of the molecule is Cc1cnc(Oc2ccc(Br)c(OC(F)(F)F)c2)nc1. The van der Waals surface area contributed by atoms with Gasteiger partial charge < -0.3 is 9.47 Å². The van der Waals surface area contributed by atoms with Crippen LogP contribution in [0.2, 0.25) is 0 Å². The molecular weight excluding hydrogens is 341 g/mol. The maximum atomic E-state index is 12.2. The van der Waals surface area contributed by atoms with Crippen molar-refractivity contribution in [3.05, 3.63) is 40.6 Å². The van der Waals surface area contributed by atoms with Gasteiger partial charge in [-0.1, -0.05) is 0 Å². The number of hydrogen-bond acceptors (Lipinski definition) is 4. The lowest BCUT2D eigenvalue weighted by Gasteiger charge is -2.11. The van der Waals surface area contributed by atoms with Gasteiger partial charge in [0.05, 0.1) is 4.47 Å². The van der Waals surface area contributed by atoms with E-state index in [-0.39, 0.29) is 16.2 Å². The van der Waals surface area contributed by atoms with Crippen LogP contribution >= 0.6 is 15.9 Å². The zero-order chi connectivity index (χ0) is 14.8. The number of aryl methyl sites for hydroxylation is 1. The molecule has 0 saturated carbocycles. The zero-order valence-electron chi connectivity index (χ0n) is 10.1. The molecule has 8 heteroatoms. The Kier molecular flexibility index (Phi) is 4.12. The monoisotopic (exact) mass is 348 g/mol. The Balaban J connectivity index is 2.20. The molecule has 0 N–H and O–H groups in total. The molecule has 0 aliphatic heterocycles. The summed E-state index contributed by atoms with van der Waals surface area (Å²) < 4.78 is 45.9. The topological polar surface area (TPSA) is 44.2 Å². The summed E-state index contributed by atoms with van der Waals surface area (Å²) in [5.41, 5.74) is 0.842. The summed E-state index contributed by atoms with van der Waals surface area (Å²) >= 11 is 2.97. The Morgan fingerprint density at radius 3 is 2.40 bits per heavy atom. The van der Waals surface area contributed by atoms with Crippen LogP contribution in [-0.4, -0.2) is 16.3 Å². The van der Waals surface area contributed by atoms with Gasteiger partial charge in [-0.2, -0.15) is 0 Å². The van der Waals surface area contributed by atoms with E-state index in [0.717, 1.165) is 11.6 Å². The zero-order valence-corrected chi connectivity index (χ0v) is 11.7. The van der Waals surface area contributed by atoms with Gasteiger partial charge in [0.25, 0.3) is 0 Å². The van der Waals surface area contributed by atoms with E-state index in [4.69, 9.17) is 4.74 Å². The van der Waals surface area contributed by atoms with Crippen molar-refractivity contribution >= 4 is 15.9 Å². The van der Waals surface area contributed by atoms with E-state index in [1.54, 1.807) is 6.92 Å². The third kappa shape index (κ3) is 4.09. The van der Waals surface area contributed by atoms with Gasteiger partial charge in [0.2, 0.25) is 0 Å². The van der Waals surface area contributed by atoms with Crippen molar-refractivity contribution in [1.29, 1.82) is 0 Å². The standard InChI is InChI=1S/C12H8BrF3N2O2/c1-7-5-17-11(18-6-7)19-8-2-3-9(13)10(4-8)20-12(14,15)16/h2-6H,1H3. The number of alkyl halides is 3. The minimum atomic E-state index is -4.78. The smallest absolute Gasteiger partial charge is 0.424 e. The third-order valence-corrected chi connectivity index (χ3v) is 2.75. The molecule has 0 amide bonds. The summed E-state index contributed by atoms with van der Waals surface area (Å²) in [6.45, 7) is 1.80. The molecule has 4 nitrogen and oxygen atoms in total. The van der Waals surface area contributed by atoms with E-state index >= 15 is 0 Å². The Morgan fingerprint density at radius 2 is 1.80 bits per heavy atom. The first-order valence-corrected chi connectivity index (χ1v) is 6.14. The van der Waals surface area contributed by atoms with Crippen molar-refractivity contribution in [2.45, 2.75) is 13.3 Å². The highest BCUT2D eigenvalue weighted by molar-refractivity contribution is 9.10. The molecule has 20 heavy (non-hydrogen) atoms. The highest BCUT2D eigenvalue weighted by Gasteiger charge is 2.32. The molecule has 0 radical (unpaired) electrons. The summed E-state index contributed by atoms with van der Waals surface area (Å²) in [6.07, 6.45) is -1.70. The molecule has 2 rings (SSSR count). The molecule has 1 aromatic carbocycles. The summed E-state index contributed by atoms with van der Waals surface area (Å²) in [4.78, 5) is 7.78. The van der Waals surface area contributed by atoms with Crippen LogP contribution in [0.5, 0.6) is 17.5 Å². The summed E-state index contributed by atoms with van der Waals surface area (Å²) in [5.74, 6) is -0.265. The number of rotatable bonds is 3. The van der Waals surface area contributed by atoms with Gasteiger partial charge in [-0.3, -0.25) is 0 Å². The summed E-state index contributed by atoms with van der Waals surface area (Å²) in [6, 6.07) is 3.98. The number of hydrogen-bond donors (Lipinski definition) is 0. The van der Waals surface area contributed by atoms with Crippen molar-refractivity contribution in [1.82, 2.24) is 9.97 Å². The van der Waals surface area contributed by atoms with E-state index in [2.05, 4.69) is 30.6 Å². The largest absolute Gasteiger partial charge is 0.573 e. The Hall–Kier alpha value is -1.83. The van der Waals surface area contributed by atoms with Crippen LogP contribution in [0.3, 0.4) is 0 Å². The second-order valence-electron chi connectivity index (χ2n) is 3.79. The molecule has 0 bridgehead atoms. The van der Waals surface area contributed by atoms with E-state index in [0.29, 0.717) is 0 Å². The van der Waals surface area contributed by atoms with Gasteiger partial charge in [-0.25, -0.2) is 9.97 Å². The number of halogens is 4. The first-order valence-electron chi connectivity index (χ1n) is 5.35. The average molecular weight is 349 g/mol. The fourth-order valence-electron chi connectivity index (χ4n) is 1.29. The quantitative estimate of drug-likeness (QED) is 0.832. The lowest BCUT2D eigenvalue weighted by atomic mass is 10.3. The molecular formula is C12H8BrF3N2O2. The molecule has 2 aromatic rings. The van der Waals surface area contributed by atoms with Crippen LogP contribution in [0.15, 0.2) is 35.1 Å². The molecule has 0 spiro atoms. The van der Waals surface area contributed by atoms with Gasteiger partial charge in [-0.15, -0.1) is 13.2 Å². The average Bonchev–Trinajstić information content (AvgIpc) is 2.34. The molecule has 0 saturated heterocycles. The first-order chi connectivity index (χ1) is 9.33. The Labute approximate surface area is 120 Å². The second kappa shape index (κ2) is 5.66. The van der Waals surface area contributed by atoms with E-state index in [1.807, 2.05) is 0 Å². The fraction of sp³-hybridized carbons (Fsp3) is 0.167. The molecule has 0 unspecified atom stereocenters. The third-order valence-electron chi connectivity index (χ3n) is 2.09. The van der Waals surface area contributed by atoms with Crippen LogP contribution in [0.4, 0.5) is 13.2 Å². The highest BCUT2D eigenvalue weighted by atomic mass is 79.9. The predicted octanol–water partition coefficient (Wildman–Crippen LogP) is 4.24. The van der Waals surface area contributed by atoms with E-state index in [9.17, 15) is 13.2 Å². The molecule has 106 valence electrons. The van der Waals surface area contributed by atoms with Gasteiger partial charge in [0.1, 0.15) is 11.5 Å². The number of ether oxygens (including phenoxy) is 2. The lowest BCUT2D eigenvalue weighted by molar-refractivity contribution is -0.274. The number of benzene rings is 1. The maximum Gasteiger partial charge on any atom is 0.573 e. The molecule has 0 aliphatic carbocycles. The van der Waals surface area contributed by atoms with E-state index < -0.39 is 12.1 Å². The molecule has 0 fully saturated rings.